The fraction of sp³-hybridized carbons (Fsp3) is 0.182. The van der Waals surface area contributed by atoms with Gasteiger partial charge in [0.15, 0.2) is 0 Å². The van der Waals surface area contributed by atoms with Gasteiger partial charge in [0.1, 0.15) is 5.82 Å². The average molecular weight is 207 g/mol. The zero-order chi connectivity index (χ0) is 9.97. The zero-order valence-corrected chi connectivity index (χ0v) is 8.62. The molecule has 0 amide bonds. The van der Waals surface area contributed by atoms with Gasteiger partial charge in [-0.15, -0.1) is 11.6 Å². The Morgan fingerprint density at radius 3 is 2.57 bits per heavy atom. The van der Waals surface area contributed by atoms with Crippen molar-refractivity contribution in [2.75, 3.05) is 0 Å². The SMILES string of the molecule is CC(Cl)c1cnc(-c2ccccc2)[nH]1. The molecule has 0 spiro atoms. The van der Waals surface area contributed by atoms with E-state index in [4.69, 9.17) is 11.6 Å². The molecule has 0 bridgehead atoms. The Morgan fingerprint density at radius 2 is 2.00 bits per heavy atom. The lowest BCUT2D eigenvalue weighted by Gasteiger charge is -1.97. The van der Waals surface area contributed by atoms with Crippen molar-refractivity contribution in [2.45, 2.75) is 12.3 Å². The summed E-state index contributed by atoms with van der Waals surface area (Å²) >= 11 is 5.93. The van der Waals surface area contributed by atoms with Crippen LogP contribution in [0.5, 0.6) is 0 Å². The van der Waals surface area contributed by atoms with E-state index in [9.17, 15) is 0 Å². The summed E-state index contributed by atoms with van der Waals surface area (Å²) in [5.41, 5.74) is 2.03. The number of hydrogen-bond donors (Lipinski definition) is 1. The minimum atomic E-state index is -0.0278. The average Bonchev–Trinajstić information content (AvgIpc) is 2.68. The van der Waals surface area contributed by atoms with Crippen LogP contribution in [0.2, 0.25) is 0 Å². The summed E-state index contributed by atoms with van der Waals surface area (Å²) in [5.74, 6) is 0.869. The van der Waals surface area contributed by atoms with Crippen molar-refractivity contribution < 1.29 is 0 Å². The van der Waals surface area contributed by atoms with Crippen LogP contribution in [0, 0.1) is 0 Å². The summed E-state index contributed by atoms with van der Waals surface area (Å²) in [7, 11) is 0. The Labute approximate surface area is 88.0 Å². The van der Waals surface area contributed by atoms with E-state index in [0.717, 1.165) is 17.1 Å². The first-order chi connectivity index (χ1) is 6.77. The van der Waals surface area contributed by atoms with Crippen LogP contribution in [0.3, 0.4) is 0 Å². The number of benzene rings is 1. The van der Waals surface area contributed by atoms with Crippen LogP contribution in [-0.2, 0) is 0 Å². The Balaban J connectivity index is 2.34. The van der Waals surface area contributed by atoms with E-state index in [-0.39, 0.29) is 5.38 Å². The Bertz CT molecular complexity index is 406. The summed E-state index contributed by atoms with van der Waals surface area (Å²) in [5, 5.41) is -0.0278. The fourth-order valence-corrected chi connectivity index (χ4v) is 1.39. The minimum Gasteiger partial charge on any atom is -0.341 e. The lowest BCUT2D eigenvalue weighted by atomic mass is 10.2. The quantitative estimate of drug-likeness (QED) is 0.750. The number of nitrogens with zero attached hydrogens (tertiary/aromatic N) is 1. The van der Waals surface area contributed by atoms with Gasteiger partial charge in [0, 0.05) is 5.56 Å². The van der Waals surface area contributed by atoms with Gasteiger partial charge in [0.2, 0.25) is 0 Å². The number of aromatic amines is 1. The first-order valence-corrected chi connectivity index (χ1v) is 4.95. The highest BCUT2D eigenvalue weighted by Crippen LogP contribution is 2.21. The molecule has 1 atom stereocenters. The van der Waals surface area contributed by atoms with Gasteiger partial charge in [-0.25, -0.2) is 4.98 Å². The third-order valence-corrected chi connectivity index (χ3v) is 2.31. The molecule has 1 aromatic carbocycles. The van der Waals surface area contributed by atoms with Crippen LogP contribution < -0.4 is 0 Å². The molecule has 14 heavy (non-hydrogen) atoms. The molecule has 0 fully saturated rings. The van der Waals surface area contributed by atoms with Crippen molar-refractivity contribution in [1.82, 2.24) is 9.97 Å². The van der Waals surface area contributed by atoms with Crippen molar-refractivity contribution in [3.05, 3.63) is 42.2 Å². The van der Waals surface area contributed by atoms with Crippen molar-refractivity contribution in [2.24, 2.45) is 0 Å². The third kappa shape index (κ3) is 1.80. The van der Waals surface area contributed by atoms with Crippen LogP contribution in [0.15, 0.2) is 36.5 Å². The topological polar surface area (TPSA) is 28.7 Å². The molecule has 1 heterocycles. The van der Waals surface area contributed by atoms with E-state index in [1.54, 1.807) is 6.20 Å². The fourth-order valence-electron chi connectivity index (χ4n) is 1.28. The molecule has 0 aliphatic rings. The molecule has 0 aliphatic heterocycles. The van der Waals surface area contributed by atoms with Crippen LogP contribution in [0.1, 0.15) is 18.0 Å². The molecule has 3 heteroatoms. The lowest BCUT2D eigenvalue weighted by molar-refractivity contribution is 1.02. The van der Waals surface area contributed by atoms with Gasteiger partial charge < -0.3 is 4.98 Å². The van der Waals surface area contributed by atoms with Gasteiger partial charge in [-0.3, -0.25) is 0 Å². The highest BCUT2D eigenvalue weighted by atomic mass is 35.5. The number of hydrogen-bond acceptors (Lipinski definition) is 1. The van der Waals surface area contributed by atoms with Crippen molar-refractivity contribution in [1.29, 1.82) is 0 Å². The molecule has 1 N–H and O–H groups in total. The van der Waals surface area contributed by atoms with Crippen LogP contribution in [0.4, 0.5) is 0 Å². The maximum atomic E-state index is 5.93. The summed E-state index contributed by atoms with van der Waals surface area (Å²) < 4.78 is 0. The van der Waals surface area contributed by atoms with Crippen molar-refractivity contribution in [3.63, 3.8) is 0 Å². The number of nitrogens with one attached hydrogen (secondary N) is 1. The maximum Gasteiger partial charge on any atom is 0.137 e. The number of alkyl halides is 1. The van der Waals surface area contributed by atoms with E-state index in [1.807, 2.05) is 37.3 Å². The van der Waals surface area contributed by atoms with Gasteiger partial charge in [-0.1, -0.05) is 30.3 Å². The molecule has 0 saturated heterocycles. The summed E-state index contributed by atoms with van der Waals surface area (Å²) in [6.07, 6.45) is 1.78. The lowest BCUT2D eigenvalue weighted by Crippen LogP contribution is -1.84. The number of halogens is 1. The largest absolute Gasteiger partial charge is 0.341 e. The second-order valence-corrected chi connectivity index (χ2v) is 3.82. The molecule has 1 aromatic heterocycles. The van der Waals surface area contributed by atoms with E-state index in [2.05, 4.69) is 9.97 Å². The molecular formula is C11H11ClN2. The molecular weight excluding hydrogens is 196 g/mol. The minimum absolute atomic E-state index is 0.0278. The van der Waals surface area contributed by atoms with Crippen LogP contribution >= 0.6 is 11.6 Å². The summed E-state index contributed by atoms with van der Waals surface area (Å²) in [6.45, 7) is 1.92. The molecule has 1 unspecified atom stereocenters. The monoisotopic (exact) mass is 206 g/mol. The zero-order valence-electron chi connectivity index (χ0n) is 7.87. The maximum absolute atomic E-state index is 5.93. The molecule has 2 aromatic rings. The van der Waals surface area contributed by atoms with Gasteiger partial charge in [-0.05, 0) is 6.92 Å². The number of imidazole rings is 1. The Kier molecular flexibility index (Phi) is 2.55. The van der Waals surface area contributed by atoms with E-state index < -0.39 is 0 Å². The summed E-state index contributed by atoms with van der Waals surface area (Å²) in [4.78, 5) is 7.45. The highest BCUT2D eigenvalue weighted by Gasteiger charge is 2.06. The molecule has 72 valence electrons. The van der Waals surface area contributed by atoms with Gasteiger partial charge >= 0.3 is 0 Å². The van der Waals surface area contributed by atoms with Gasteiger partial charge in [-0.2, -0.15) is 0 Å². The molecule has 0 aliphatic carbocycles. The predicted octanol–water partition coefficient (Wildman–Crippen LogP) is 3.38. The smallest absolute Gasteiger partial charge is 0.137 e. The van der Waals surface area contributed by atoms with Crippen molar-refractivity contribution >= 4 is 11.6 Å². The first-order valence-electron chi connectivity index (χ1n) is 4.52. The molecule has 2 rings (SSSR count). The first kappa shape index (κ1) is 9.28. The van der Waals surface area contributed by atoms with Gasteiger partial charge in [0.25, 0.3) is 0 Å². The third-order valence-electron chi connectivity index (χ3n) is 2.07. The number of rotatable bonds is 2. The van der Waals surface area contributed by atoms with Gasteiger partial charge in [0.05, 0.1) is 17.3 Å². The van der Waals surface area contributed by atoms with Crippen molar-refractivity contribution in [3.8, 4) is 11.4 Å². The Morgan fingerprint density at radius 1 is 1.29 bits per heavy atom. The molecule has 0 saturated carbocycles. The predicted molar refractivity (Wildman–Crippen MR) is 58.3 cm³/mol. The van der Waals surface area contributed by atoms with Crippen LogP contribution in [-0.4, -0.2) is 9.97 Å². The van der Waals surface area contributed by atoms with E-state index >= 15 is 0 Å². The highest BCUT2D eigenvalue weighted by molar-refractivity contribution is 6.20. The standard InChI is InChI=1S/C11H11ClN2/c1-8(12)10-7-13-11(14-10)9-5-3-2-4-6-9/h2-8H,1H3,(H,13,14). The van der Waals surface area contributed by atoms with E-state index in [1.165, 1.54) is 0 Å². The molecule has 2 nitrogen and oxygen atoms in total. The summed E-state index contributed by atoms with van der Waals surface area (Å²) in [6, 6.07) is 9.99. The second-order valence-electron chi connectivity index (χ2n) is 3.17. The van der Waals surface area contributed by atoms with E-state index in [0.29, 0.717) is 0 Å². The van der Waals surface area contributed by atoms with Crippen LogP contribution in [0.25, 0.3) is 11.4 Å². The second kappa shape index (κ2) is 3.84. The normalized spacial score (nSPS) is 12.7. The number of aromatic nitrogens is 2. The number of H-pyrrole nitrogens is 1. The Hall–Kier alpha value is -1.28. The molecule has 0 radical (unpaired) electrons.